The van der Waals surface area contributed by atoms with Crippen LogP contribution in [0.4, 0.5) is 0 Å². The molecular formula is C21H29ClN2O. The summed E-state index contributed by atoms with van der Waals surface area (Å²) in [5, 5.41) is -0.513. The van der Waals surface area contributed by atoms with Crippen LogP contribution in [-0.2, 0) is 17.9 Å². The number of nitrogens with zero attached hydrogens (tertiary/aromatic N) is 2. The molecule has 0 spiro atoms. The van der Waals surface area contributed by atoms with Crippen molar-refractivity contribution in [3.05, 3.63) is 59.4 Å². The first-order valence-electron chi connectivity index (χ1n) is 8.93. The third-order valence-electron chi connectivity index (χ3n) is 4.77. The molecule has 0 saturated heterocycles. The Morgan fingerprint density at radius 3 is 2.48 bits per heavy atom. The maximum Gasteiger partial charge on any atom is 0.240 e. The van der Waals surface area contributed by atoms with Gasteiger partial charge in [-0.05, 0) is 44.4 Å². The van der Waals surface area contributed by atoms with Gasteiger partial charge in [-0.25, -0.2) is 0 Å². The third-order valence-corrected chi connectivity index (χ3v) is 4.96. The van der Waals surface area contributed by atoms with Crippen LogP contribution in [0.1, 0.15) is 44.5 Å². The molecule has 0 aliphatic carbocycles. The van der Waals surface area contributed by atoms with Gasteiger partial charge in [0.25, 0.3) is 0 Å². The molecule has 0 saturated carbocycles. The lowest BCUT2D eigenvalue weighted by Gasteiger charge is -2.33. The number of hydrogen-bond acceptors (Lipinski definition) is 1. The Morgan fingerprint density at radius 2 is 1.88 bits per heavy atom. The van der Waals surface area contributed by atoms with Crippen molar-refractivity contribution in [2.75, 3.05) is 0 Å². The van der Waals surface area contributed by atoms with Crippen molar-refractivity contribution in [3.8, 4) is 0 Å². The Balaban J connectivity index is 2.23. The Hall–Kier alpha value is -1.74. The molecule has 1 aromatic carbocycles. The average Bonchev–Trinajstić information content (AvgIpc) is 2.98. The van der Waals surface area contributed by atoms with Gasteiger partial charge in [-0.2, -0.15) is 0 Å². The Kier molecular flexibility index (Phi) is 6.71. The fourth-order valence-corrected chi connectivity index (χ4v) is 3.07. The van der Waals surface area contributed by atoms with Crippen molar-refractivity contribution in [1.29, 1.82) is 0 Å². The zero-order valence-electron chi connectivity index (χ0n) is 15.9. The van der Waals surface area contributed by atoms with Crippen LogP contribution in [-0.4, -0.2) is 26.8 Å². The van der Waals surface area contributed by atoms with Gasteiger partial charge >= 0.3 is 0 Å². The van der Waals surface area contributed by atoms with Gasteiger partial charge in [0.2, 0.25) is 5.91 Å². The van der Waals surface area contributed by atoms with E-state index in [1.165, 1.54) is 11.1 Å². The maximum absolute atomic E-state index is 12.6. The van der Waals surface area contributed by atoms with Crippen LogP contribution in [0.15, 0.2) is 42.6 Å². The van der Waals surface area contributed by atoms with E-state index in [0.717, 1.165) is 12.2 Å². The summed E-state index contributed by atoms with van der Waals surface area (Å²) in [6, 6.07) is 12.8. The SMILES string of the molecule is Cc1cccc(Cn2cccc2CN(C(=O)[C@@H](C)Cl)[C@H](C)C(C)C)c1. The molecule has 0 N–H and O–H groups in total. The monoisotopic (exact) mass is 360 g/mol. The van der Waals surface area contributed by atoms with Gasteiger partial charge in [0.05, 0.1) is 6.54 Å². The van der Waals surface area contributed by atoms with Crippen molar-refractivity contribution in [2.24, 2.45) is 5.92 Å². The normalized spacial score (nSPS) is 13.7. The second-order valence-corrected chi connectivity index (χ2v) is 7.84. The number of hydrogen-bond donors (Lipinski definition) is 0. The maximum atomic E-state index is 12.6. The molecule has 3 nitrogen and oxygen atoms in total. The van der Waals surface area contributed by atoms with Gasteiger partial charge in [0.1, 0.15) is 5.38 Å². The van der Waals surface area contributed by atoms with Crippen LogP contribution < -0.4 is 0 Å². The summed E-state index contributed by atoms with van der Waals surface area (Å²) in [6.45, 7) is 11.6. The highest BCUT2D eigenvalue weighted by molar-refractivity contribution is 6.30. The molecule has 0 aliphatic rings. The van der Waals surface area contributed by atoms with E-state index in [1.807, 2.05) is 11.0 Å². The topological polar surface area (TPSA) is 25.2 Å². The van der Waals surface area contributed by atoms with Gasteiger partial charge in [-0.3, -0.25) is 4.79 Å². The van der Waals surface area contributed by atoms with E-state index in [2.05, 4.69) is 68.8 Å². The fourth-order valence-electron chi connectivity index (χ4n) is 2.94. The van der Waals surface area contributed by atoms with Crippen molar-refractivity contribution in [1.82, 2.24) is 9.47 Å². The molecule has 2 rings (SSSR count). The number of halogens is 1. The van der Waals surface area contributed by atoms with Gasteiger partial charge < -0.3 is 9.47 Å². The van der Waals surface area contributed by atoms with Gasteiger partial charge in [-0.1, -0.05) is 43.7 Å². The summed E-state index contributed by atoms with van der Waals surface area (Å²) in [4.78, 5) is 14.5. The van der Waals surface area contributed by atoms with Gasteiger partial charge in [-0.15, -0.1) is 11.6 Å². The fraction of sp³-hybridized carbons (Fsp3) is 0.476. The number of alkyl halides is 1. The number of amides is 1. The highest BCUT2D eigenvalue weighted by Crippen LogP contribution is 2.19. The Bertz CT molecular complexity index is 705. The zero-order chi connectivity index (χ0) is 18.6. The van der Waals surface area contributed by atoms with E-state index in [1.54, 1.807) is 6.92 Å². The molecule has 1 heterocycles. The first kappa shape index (κ1) is 19.6. The summed E-state index contributed by atoms with van der Waals surface area (Å²) < 4.78 is 2.21. The molecule has 4 heteroatoms. The predicted molar refractivity (Wildman–Crippen MR) is 105 cm³/mol. The lowest BCUT2D eigenvalue weighted by Crippen LogP contribution is -2.44. The van der Waals surface area contributed by atoms with Crippen LogP contribution in [0.5, 0.6) is 0 Å². The molecule has 1 amide bonds. The third kappa shape index (κ3) is 5.12. The highest BCUT2D eigenvalue weighted by atomic mass is 35.5. The largest absolute Gasteiger partial charge is 0.345 e. The van der Waals surface area contributed by atoms with Crippen LogP contribution in [0.3, 0.4) is 0 Å². The Morgan fingerprint density at radius 1 is 1.16 bits per heavy atom. The van der Waals surface area contributed by atoms with E-state index < -0.39 is 5.38 Å². The number of benzene rings is 1. The average molecular weight is 361 g/mol. The van der Waals surface area contributed by atoms with Crippen LogP contribution in [0.25, 0.3) is 0 Å². The zero-order valence-corrected chi connectivity index (χ0v) is 16.6. The summed E-state index contributed by atoms with van der Waals surface area (Å²) in [7, 11) is 0. The minimum Gasteiger partial charge on any atom is -0.345 e. The standard InChI is InChI=1S/C21H29ClN2O/c1-15(2)18(5)24(21(25)17(4)22)14-20-10-7-11-23(20)13-19-9-6-8-16(3)12-19/h6-12,15,17-18H,13-14H2,1-5H3/t17-,18-/m1/s1. The summed E-state index contributed by atoms with van der Waals surface area (Å²) in [5.41, 5.74) is 3.64. The molecule has 25 heavy (non-hydrogen) atoms. The number of carbonyl (C=O) groups is 1. The first-order chi connectivity index (χ1) is 11.8. The van der Waals surface area contributed by atoms with Crippen molar-refractivity contribution >= 4 is 17.5 Å². The minimum absolute atomic E-state index is 0.00817. The van der Waals surface area contributed by atoms with Crippen LogP contribution >= 0.6 is 11.6 Å². The van der Waals surface area contributed by atoms with Crippen LogP contribution in [0.2, 0.25) is 0 Å². The second kappa shape index (κ2) is 8.57. The summed E-state index contributed by atoms with van der Waals surface area (Å²) in [6.07, 6.45) is 2.07. The van der Waals surface area contributed by atoms with E-state index >= 15 is 0 Å². The van der Waals surface area contributed by atoms with Crippen molar-refractivity contribution < 1.29 is 4.79 Å². The number of rotatable bonds is 7. The number of aryl methyl sites for hydroxylation is 1. The van der Waals surface area contributed by atoms with E-state index in [9.17, 15) is 4.79 Å². The summed E-state index contributed by atoms with van der Waals surface area (Å²) in [5.74, 6) is 0.366. The molecule has 0 fully saturated rings. The van der Waals surface area contributed by atoms with Gasteiger partial charge in [0.15, 0.2) is 0 Å². The molecule has 0 aliphatic heterocycles. The van der Waals surface area contributed by atoms with Crippen molar-refractivity contribution in [2.45, 2.75) is 59.1 Å². The molecule has 2 atom stereocenters. The molecule has 136 valence electrons. The quantitative estimate of drug-likeness (QED) is 0.648. The lowest BCUT2D eigenvalue weighted by atomic mass is 10.0. The van der Waals surface area contributed by atoms with E-state index in [4.69, 9.17) is 11.6 Å². The highest BCUT2D eigenvalue weighted by Gasteiger charge is 2.26. The molecular weight excluding hydrogens is 332 g/mol. The van der Waals surface area contributed by atoms with Crippen molar-refractivity contribution in [3.63, 3.8) is 0 Å². The van der Waals surface area contributed by atoms with Gasteiger partial charge in [0, 0.05) is 24.5 Å². The lowest BCUT2D eigenvalue weighted by molar-refractivity contribution is -0.134. The molecule has 2 aromatic rings. The Labute approximate surface area is 156 Å². The van der Waals surface area contributed by atoms with E-state index in [0.29, 0.717) is 12.5 Å². The summed E-state index contributed by atoms with van der Waals surface area (Å²) >= 11 is 6.10. The number of carbonyl (C=O) groups excluding carboxylic acids is 1. The van der Waals surface area contributed by atoms with Crippen LogP contribution in [0, 0.1) is 12.8 Å². The molecule has 0 unspecified atom stereocenters. The minimum atomic E-state index is -0.513. The predicted octanol–water partition coefficient (Wildman–Crippen LogP) is 4.85. The number of aromatic nitrogens is 1. The van der Waals surface area contributed by atoms with E-state index in [-0.39, 0.29) is 11.9 Å². The molecule has 0 radical (unpaired) electrons. The smallest absolute Gasteiger partial charge is 0.240 e. The molecule has 0 bridgehead atoms. The second-order valence-electron chi connectivity index (χ2n) is 7.18. The first-order valence-corrected chi connectivity index (χ1v) is 9.37. The molecule has 1 aromatic heterocycles.